The van der Waals surface area contributed by atoms with E-state index in [4.69, 9.17) is 18.9 Å². The van der Waals surface area contributed by atoms with Gasteiger partial charge in [0.15, 0.2) is 12.6 Å². The first-order valence-electron chi connectivity index (χ1n) is 16.2. The van der Waals surface area contributed by atoms with E-state index in [1.165, 1.54) is 0 Å². The summed E-state index contributed by atoms with van der Waals surface area (Å²) >= 11 is 0. The molecule has 1 amide bonds. The first-order chi connectivity index (χ1) is 22.1. The molecule has 2 aliphatic rings. The molecule has 0 saturated carbocycles. The number of amides is 1. The summed E-state index contributed by atoms with van der Waals surface area (Å²) in [4.78, 5) is 12.5. The van der Waals surface area contributed by atoms with Crippen molar-refractivity contribution in [2.75, 3.05) is 19.8 Å². The number of carbonyl (C=O) groups excluding carboxylic acids is 1. The summed E-state index contributed by atoms with van der Waals surface area (Å²) in [6, 6.07) is -0.926. The van der Waals surface area contributed by atoms with Gasteiger partial charge in [-0.3, -0.25) is 4.79 Å². The normalized spacial score (nSPS) is 33.6. The van der Waals surface area contributed by atoms with Gasteiger partial charge in [-0.2, -0.15) is 0 Å². The third kappa shape index (κ3) is 12.7. The van der Waals surface area contributed by atoms with Crippen molar-refractivity contribution in [3.8, 4) is 0 Å². The molecule has 0 aliphatic carbocycles. The van der Waals surface area contributed by atoms with Crippen LogP contribution in [-0.4, -0.2) is 140 Å². The van der Waals surface area contributed by atoms with E-state index in [0.29, 0.717) is 12.8 Å². The fraction of sp³-hybridized carbons (Fsp3) is 0.781. The van der Waals surface area contributed by atoms with Gasteiger partial charge in [0.05, 0.1) is 32.0 Å². The average molecular weight is 662 g/mol. The molecule has 0 bridgehead atoms. The lowest BCUT2D eigenvalue weighted by Crippen LogP contribution is -2.65. The summed E-state index contributed by atoms with van der Waals surface area (Å²) in [6.07, 6.45) is 0.873. The van der Waals surface area contributed by atoms with E-state index in [9.17, 15) is 45.6 Å². The molecular weight excluding hydrogens is 606 g/mol. The Bertz CT molecular complexity index is 930. The maximum atomic E-state index is 12.5. The van der Waals surface area contributed by atoms with Crippen LogP contribution in [0.3, 0.4) is 0 Å². The predicted molar refractivity (Wildman–Crippen MR) is 166 cm³/mol. The van der Waals surface area contributed by atoms with E-state index in [1.54, 1.807) is 12.2 Å². The van der Waals surface area contributed by atoms with Gasteiger partial charge in [-0.15, -0.1) is 0 Å². The number of nitrogens with one attached hydrogen (secondary N) is 1. The van der Waals surface area contributed by atoms with Crippen molar-refractivity contribution in [2.24, 2.45) is 0 Å². The molecule has 12 unspecified atom stereocenters. The van der Waals surface area contributed by atoms with Crippen molar-refractivity contribution in [1.82, 2.24) is 5.32 Å². The van der Waals surface area contributed by atoms with Crippen LogP contribution in [0, 0.1) is 0 Å². The Morgan fingerprint density at radius 3 is 1.98 bits per heavy atom. The zero-order valence-electron chi connectivity index (χ0n) is 26.8. The summed E-state index contributed by atoms with van der Waals surface area (Å²) in [7, 11) is 0. The summed E-state index contributed by atoms with van der Waals surface area (Å²) in [5, 5.41) is 85.0. The van der Waals surface area contributed by atoms with Crippen LogP contribution in [0.2, 0.25) is 0 Å². The van der Waals surface area contributed by atoms with Gasteiger partial charge in [-0.25, -0.2) is 0 Å². The van der Waals surface area contributed by atoms with Crippen molar-refractivity contribution < 1.29 is 64.6 Å². The average Bonchev–Trinajstić information content (AvgIpc) is 3.05. The predicted octanol–water partition coefficient (Wildman–Crippen LogP) is -0.698. The van der Waals surface area contributed by atoms with Gasteiger partial charge >= 0.3 is 0 Å². The molecule has 2 saturated heterocycles. The second-order valence-corrected chi connectivity index (χ2v) is 11.5. The lowest BCUT2D eigenvalue weighted by molar-refractivity contribution is -0.359. The number of carbonyl (C=O) groups is 1. The Labute approximate surface area is 270 Å². The van der Waals surface area contributed by atoms with E-state index in [1.807, 2.05) is 6.92 Å². The molecule has 0 spiro atoms. The standard InChI is InChI=1S/C32H55NO13/c1-3-5-7-8-9-10-11-12-13-14-15-21(36)20(33-24(37)16-6-4-2)19-43-31-29(42)27(40)30(23(18-35)45-31)46-32-28(41)26(39)25(38)22(17-34)44-32/h5,7,10-11,14-15,20-23,25-32,34-36,38-42H,3-4,6,8-9,12-13,16-19H2,1-2H3,(H,33,37)/b7-5+,11-10+,15-14+. The van der Waals surface area contributed by atoms with Crippen LogP contribution in [0.5, 0.6) is 0 Å². The van der Waals surface area contributed by atoms with Crippen molar-refractivity contribution in [2.45, 2.75) is 139 Å². The van der Waals surface area contributed by atoms with Gasteiger partial charge in [0, 0.05) is 6.42 Å². The zero-order valence-corrected chi connectivity index (χ0v) is 26.8. The van der Waals surface area contributed by atoms with E-state index >= 15 is 0 Å². The number of unbranched alkanes of at least 4 members (excludes halogenated alkanes) is 3. The molecule has 266 valence electrons. The first-order valence-corrected chi connectivity index (χ1v) is 16.2. The quantitative estimate of drug-likeness (QED) is 0.0582. The second-order valence-electron chi connectivity index (χ2n) is 11.5. The topological polar surface area (TPSA) is 228 Å². The molecule has 0 radical (unpaired) electrons. The number of allylic oxidation sites excluding steroid dienone is 5. The molecule has 2 heterocycles. The molecule has 2 fully saturated rings. The van der Waals surface area contributed by atoms with Crippen LogP contribution in [0.1, 0.15) is 65.2 Å². The molecule has 14 nitrogen and oxygen atoms in total. The van der Waals surface area contributed by atoms with Crippen LogP contribution in [0.25, 0.3) is 0 Å². The SMILES string of the molecule is CC/C=C/CC/C=C/CC/C=C/C(O)C(COC1OC(CO)C(OC2OC(CO)C(O)C(O)C2O)C(O)C1O)NC(=O)CCCC. The minimum absolute atomic E-state index is 0.243. The molecule has 0 aromatic rings. The first kappa shape index (κ1) is 40.4. The third-order valence-corrected chi connectivity index (χ3v) is 7.82. The Morgan fingerprint density at radius 2 is 1.37 bits per heavy atom. The Balaban J connectivity index is 2.01. The molecule has 2 rings (SSSR count). The number of rotatable bonds is 20. The van der Waals surface area contributed by atoms with E-state index < -0.39 is 86.8 Å². The zero-order chi connectivity index (χ0) is 34.1. The van der Waals surface area contributed by atoms with Gasteiger partial charge in [0.25, 0.3) is 0 Å². The third-order valence-electron chi connectivity index (χ3n) is 7.82. The van der Waals surface area contributed by atoms with Crippen molar-refractivity contribution in [3.05, 3.63) is 36.5 Å². The lowest BCUT2D eigenvalue weighted by Gasteiger charge is -2.46. The van der Waals surface area contributed by atoms with Gasteiger partial charge in [0.1, 0.15) is 48.8 Å². The fourth-order valence-electron chi connectivity index (χ4n) is 5.01. The van der Waals surface area contributed by atoms with Crippen molar-refractivity contribution in [3.63, 3.8) is 0 Å². The monoisotopic (exact) mass is 661 g/mol. The number of ether oxygens (including phenoxy) is 4. The molecule has 2 aliphatic heterocycles. The minimum atomic E-state index is -1.79. The highest BCUT2D eigenvalue weighted by Crippen LogP contribution is 2.29. The Morgan fingerprint density at radius 1 is 0.783 bits per heavy atom. The van der Waals surface area contributed by atoms with E-state index in [-0.39, 0.29) is 18.9 Å². The van der Waals surface area contributed by atoms with E-state index in [0.717, 1.165) is 32.1 Å². The molecule has 12 atom stereocenters. The number of hydrogen-bond acceptors (Lipinski definition) is 13. The highest BCUT2D eigenvalue weighted by molar-refractivity contribution is 5.76. The number of aliphatic hydroxyl groups excluding tert-OH is 8. The highest BCUT2D eigenvalue weighted by atomic mass is 16.7. The van der Waals surface area contributed by atoms with Crippen LogP contribution in [0.15, 0.2) is 36.5 Å². The van der Waals surface area contributed by atoms with Gasteiger partial charge in [-0.1, -0.05) is 56.7 Å². The molecule has 14 heteroatoms. The van der Waals surface area contributed by atoms with Crippen LogP contribution in [0.4, 0.5) is 0 Å². The molecular formula is C32H55NO13. The van der Waals surface area contributed by atoms with Crippen LogP contribution >= 0.6 is 0 Å². The van der Waals surface area contributed by atoms with Crippen molar-refractivity contribution in [1.29, 1.82) is 0 Å². The maximum absolute atomic E-state index is 12.5. The van der Waals surface area contributed by atoms with Crippen molar-refractivity contribution >= 4 is 5.91 Å². The highest BCUT2D eigenvalue weighted by Gasteiger charge is 2.50. The molecule has 9 N–H and O–H groups in total. The Kier molecular flexibility index (Phi) is 19.3. The van der Waals surface area contributed by atoms with Crippen LogP contribution in [-0.2, 0) is 23.7 Å². The smallest absolute Gasteiger partial charge is 0.220 e. The largest absolute Gasteiger partial charge is 0.394 e. The maximum Gasteiger partial charge on any atom is 0.220 e. The lowest BCUT2D eigenvalue weighted by atomic mass is 9.97. The number of aliphatic hydroxyl groups is 8. The minimum Gasteiger partial charge on any atom is -0.394 e. The molecule has 0 aromatic carbocycles. The number of hydrogen-bond donors (Lipinski definition) is 9. The molecule has 0 aromatic heterocycles. The summed E-state index contributed by atoms with van der Waals surface area (Å²) < 4.78 is 22.2. The van der Waals surface area contributed by atoms with Crippen LogP contribution < -0.4 is 5.32 Å². The molecule has 46 heavy (non-hydrogen) atoms. The summed E-state index contributed by atoms with van der Waals surface area (Å²) in [5.41, 5.74) is 0. The van der Waals surface area contributed by atoms with Gasteiger partial charge in [-0.05, 0) is 38.5 Å². The van der Waals surface area contributed by atoms with E-state index in [2.05, 4.69) is 36.5 Å². The summed E-state index contributed by atoms with van der Waals surface area (Å²) in [5.74, 6) is -0.297. The fourth-order valence-corrected chi connectivity index (χ4v) is 5.01. The second kappa shape index (κ2) is 22.0. The summed E-state index contributed by atoms with van der Waals surface area (Å²) in [6.45, 7) is 2.29. The van der Waals surface area contributed by atoms with Gasteiger partial charge in [0.2, 0.25) is 5.91 Å². The Hall–Kier alpha value is -1.79. The van der Waals surface area contributed by atoms with Gasteiger partial charge < -0.3 is 65.1 Å².